The molecule has 0 heterocycles. The van der Waals surface area contributed by atoms with Crippen LogP contribution in [0.4, 0.5) is 13.2 Å². The van der Waals surface area contributed by atoms with Crippen molar-refractivity contribution in [3.63, 3.8) is 0 Å². The van der Waals surface area contributed by atoms with Crippen molar-refractivity contribution in [2.24, 2.45) is 0 Å². The van der Waals surface area contributed by atoms with Crippen molar-refractivity contribution < 1.29 is 13.2 Å². The normalized spacial score (nSPS) is 12.1. The van der Waals surface area contributed by atoms with E-state index in [0.717, 1.165) is 33.4 Å². The van der Waals surface area contributed by atoms with Gasteiger partial charge in [0, 0.05) is 0 Å². The Kier molecular flexibility index (Phi) is 23.5. The fourth-order valence-electron chi connectivity index (χ4n) is 22.8. The van der Waals surface area contributed by atoms with E-state index in [4.69, 9.17) is 0 Å². The predicted molar refractivity (Wildman–Crippen MR) is 614 cm³/mol. The molecular formula is C141H117F3. The molecule has 24 aromatic rings. The van der Waals surface area contributed by atoms with Crippen LogP contribution >= 0.6 is 0 Å². The first-order valence-electron chi connectivity index (χ1n) is 50.6. The molecule has 144 heavy (non-hydrogen) atoms. The van der Waals surface area contributed by atoms with Gasteiger partial charge in [0.05, 0.1) is 0 Å². The lowest BCUT2D eigenvalue weighted by atomic mass is 9.80. The maximum absolute atomic E-state index is 14.3. The third kappa shape index (κ3) is 17.3. The van der Waals surface area contributed by atoms with Gasteiger partial charge >= 0.3 is 0 Å². The summed E-state index contributed by atoms with van der Waals surface area (Å²) in [6.07, 6.45) is 0. The lowest BCUT2D eigenvalue weighted by Crippen LogP contribution is -2.10. The van der Waals surface area contributed by atoms with Crippen LogP contribution < -0.4 is 0 Å². The summed E-state index contributed by atoms with van der Waals surface area (Å²) in [5.74, 6) is -0.679. The highest BCUT2D eigenvalue weighted by atomic mass is 19.1. The van der Waals surface area contributed by atoms with Crippen LogP contribution in [0, 0.1) is 79.8 Å². The van der Waals surface area contributed by atoms with E-state index in [2.05, 4.69) is 434 Å². The van der Waals surface area contributed by atoms with Gasteiger partial charge in [-0.15, -0.1) is 0 Å². The molecule has 0 N–H and O–H groups in total. The molecule has 0 aliphatic heterocycles. The summed E-state index contributed by atoms with van der Waals surface area (Å²) in [4.78, 5) is 0. The minimum atomic E-state index is -0.228. The van der Waals surface area contributed by atoms with E-state index in [0.29, 0.717) is 0 Å². The lowest BCUT2D eigenvalue weighted by molar-refractivity contribution is 0.590. The summed E-state index contributed by atoms with van der Waals surface area (Å²) in [6.45, 7) is 39.8. The number of aryl methyl sites for hydroxylation is 9. The number of benzene rings is 24. The van der Waals surface area contributed by atoms with Gasteiger partial charge in [0.25, 0.3) is 0 Å². The maximum atomic E-state index is 14.3. The van der Waals surface area contributed by atoms with E-state index in [-0.39, 0.29) is 33.7 Å². The second-order valence-electron chi connectivity index (χ2n) is 43.8. The molecule has 0 aliphatic rings. The summed E-state index contributed by atoms with van der Waals surface area (Å²) in [7, 11) is 0. The smallest absolute Gasteiger partial charge is 0.123 e. The van der Waals surface area contributed by atoms with E-state index in [1.165, 1.54) is 264 Å². The zero-order chi connectivity index (χ0) is 100.0. The van der Waals surface area contributed by atoms with Gasteiger partial charge in [-0.2, -0.15) is 0 Å². The van der Waals surface area contributed by atoms with Gasteiger partial charge in [0.15, 0.2) is 0 Å². The Morgan fingerprint density at radius 2 is 0.250 bits per heavy atom. The van der Waals surface area contributed by atoms with Crippen LogP contribution in [0.1, 0.15) is 129 Å². The van der Waals surface area contributed by atoms with Crippen molar-refractivity contribution in [3.8, 4) is 134 Å². The summed E-state index contributed by atoms with van der Waals surface area (Å²) >= 11 is 0. The zero-order valence-corrected chi connectivity index (χ0v) is 85.5. The zero-order valence-electron chi connectivity index (χ0n) is 85.5. The fourth-order valence-corrected chi connectivity index (χ4v) is 22.8. The van der Waals surface area contributed by atoms with Crippen molar-refractivity contribution >= 4 is 97.0 Å². The molecule has 3 heteroatoms. The van der Waals surface area contributed by atoms with Crippen LogP contribution in [-0.2, 0) is 16.2 Å². The molecule has 0 radical (unpaired) electrons. The van der Waals surface area contributed by atoms with E-state index in [1.54, 1.807) is 36.4 Å². The highest BCUT2D eigenvalue weighted by Crippen LogP contribution is 2.55. The van der Waals surface area contributed by atoms with Crippen LogP contribution in [0.5, 0.6) is 0 Å². The van der Waals surface area contributed by atoms with Gasteiger partial charge in [-0.3, -0.25) is 0 Å². The van der Waals surface area contributed by atoms with Crippen LogP contribution in [0.15, 0.2) is 382 Å². The monoisotopic (exact) mass is 1870 g/mol. The van der Waals surface area contributed by atoms with E-state index in [1.807, 2.05) is 36.4 Å². The molecule has 0 aliphatic carbocycles. The first kappa shape index (κ1) is 93.2. The number of hydrogen-bond donors (Lipinski definition) is 0. The van der Waals surface area contributed by atoms with Crippen molar-refractivity contribution in [1.82, 2.24) is 0 Å². The Morgan fingerprint density at radius 1 is 0.125 bits per heavy atom. The molecule has 0 amide bonds. The van der Waals surface area contributed by atoms with Crippen molar-refractivity contribution in [2.75, 3.05) is 0 Å². The van der Waals surface area contributed by atoms with Crippen LogP contribution in [0.25, 0.3) is 230 Å². The molecule has 702 valence electrons. The predicted octanol–water partition coefficient (Wildman–Crippen LogP) is 40.8. The molecule has 0 nitrogen and oxygen atoms in total. The topological polar surface area (TPSA) is 0 Å². The summed E-state index contributed by atoms with van der Waals surface area (Å²) < 4.78 is 42.6. The molecular weight excluding hydrogens is 1750 g/mol. The Morgan fingerprint density at radius 3 is 0.389 bits per heavy atom. The molecule has 0 bridgehead atoms. The quantitative estimate of drug-likeness (QED) is 0.107. The molecule has 0 unspecified atom stereocenters. The van der Waals surface area contributed by atoms with Crippen LogP contribution in [0.2, 0.25) is 0 Å². The lowest BCUT2D eigenvalue weighted by Gasteiger charge is -2.23. The third-order valence-corrected chi connectivity index (χ3v) is 30.0. The molecule has 0 aromatic heterocycles. The summed E-state index contributed by atoms with van der Waals surface area (Å²) in [5, 5.41) is 22.2. The van der Waals surface area contributed by atoms with Gasteiger partial charge < -0.3 is 0 Å². The van der Waals surface area contributed by atoms with Gasteiger partial charge in [-0.05, 0) is 399 Å². The minimum absolute atomic E-state index is 0.0590. The van der Waals surface area contributed by atoms with E-state index >= 15 is 0 Å². The molecule has 0 spiro atoms. The Bertz CT molecular complexity index is 8570. The average molecular weight is 1870 g/mol. The Hall–Kier alpha value is -15.8. The van der Waals surface area contributed by atoms with Crippen LogP contribution in [0.3, 0.4) is 0 Å². The van der Waals surface area contributed by atoms with Crippen molar-refractivity contribution in [1.29, 1.82) is 0 Å². The van der Waals surface area contributed by atoms with E-state index < -0.39 is 0 Å². The minimum Gasteiger partial charge on any atom is -0.207 e. The number of rotatable bonds is 12. The first-order valence-corrected chi connectivity index (χ1v) is 50.6. The molecule has 0 atom stereocenters. The SMILES string of the molecule is CC(C)(C)c1ccc(-c2cc(-c3ccc(F)cc3)c3ccc4c(-c5ccc(C(C)(C)C)cc5)cc(-c5ccc(C(C)(C)C)cc5)c5ccc2c3c45)cc1.Cc1cc(C)cc(-c2cc(-c3ccc(F)cc3)c3ccc4c(-c5cc(C)cc(C)c5)cc(-c5cc(C)cc(C)c5)c5ccc2c3c45)c1.Cc1ccc(-c2cc(-c3ccc(C)cc3)c3ccc4c(-c5ccc(F)cc5)cc(-c5ccc(C)cc5)c5ccc2c3c54)cc1. The molecule has 0 saturated carbocycles. The van der Waals surface area contributed by atoms with Crippen LogP contribution in [-0.4, -0.2) is 0 Å². The first-order chi connectivity index (χ1) is 69.1. The standard InChI is InChI=1S/C52H49F.C46H37F.C43H31F/c1-50(2,3)36-18-10-32(11-19-36)44-30-45(33-12-20-37(21-13-33)51(4,5)6)41-28-29-43-47(35-16-24-39(53)25-17-35)31-46(42-27-26-40(44)48(41)49(42)43)34-14-22-38(23-15-34)52(7,8)9;1-26-15-27(2)19-33(18-26)42-24-41(32-7-9-36(47)10-8-32)37-11-12-39-43(34-20-28(3)16-29(4)21-34)25-44(35-22-30(5)17-31(6)23-35)40-14-13-38(42)45(37)46(39)40;1-26-4-10-29(11-5-26)38-24-39(30-12-6-27(2)7-13-30)35-22-23-37-41(32-16-18-33(44)19-17-32)25-40(31-14-8-28(3)9-15-31)36-21-20-34(38)42(35)43(36)37/h10-31H,1-9H3;7-25H,1-6H3;4-25H,1-3H3. The second-order valence-corrected chi connectivity index (χ2v) is 43.8. The third-order valence-electron chi connectivity index (χ3n) is 30.0. The van der Waals surface area contributed by atoms with E-state index in [9.17, 15) is 13.2 Å². The highest BCUT2D eigenvalue weighted by molar-refractivity contribution is 6.35. The molecule has 24 aromatic carbocycles. The summed E-state index contributed by atoms with van der Waals surface area (Å²) in [6, 6.07) is 137. The molecule has 24 rings (SSSR count). The van der Waals surface area contributed by atoms with Gasteiger partial charge in [-0.1, -0.05) is 422 Å². The maximum Gasteiger partial charge on any atom is 0.123 e. The summed E-state index contributed by atoms with van der Waals surface area (Å²) in [5.41, 5.74) is 43.6. The Labute approximate surface area is 844 Å². The average Bonchev–Trinajstić information content (AvgIpc) is 0.713. The highest BCUT2D eigenvalue weighted by Gasteiger charge is 2.29. The molecule has 0 saturated heterocycles. The molecule has 0 fully saturated rings. The second kappa shape index (κ2) is 36.3. The number of halogens is 3. The van der Waals surface area contributed by atoms with Gasteiger partial charge in [-0.25, -0.2) is 13.2 Å². The van der Waals surface area contributed by atoms with Gasteiger partial charge in [0.1, 0.15) is 17.5 Å². The van der Waals surface area contributed by atoms with Crippen molar-refractivity contribution in [2.45, 2.75) is 141 Å². The Balaban J connectivity index is 0.000000124. The number of hydrogen-bond acceptors (Lipinski definition) is 0. The van der Waals surface area contributed by atoms with Crippen molar-refractivity contribution in [3.05, 3.63) is 466 Å². The van der Waals surface area contributed by atoms with Gasteiger partial charge in [0.2, 0.25) is 0 Å². The largest absolute Gasteiger partial charge is 0.207 e. The fraction of sp³-hybridized carbons (Fsp3) is 0.149.